The Kier molecular flexibility index (Phi) is 6.19. The van der Waals surface area contributed by atoms with Crippen molar-refractivity contribution in [3.05, 3.63) is 113 Å². The van der Waals surface area contributed by atoms with Gasteiger partial charge in [0.15, 0.2) is 0 Å². The van der Waals surface area contributed by atoms with Gasteiger partial charge in [-0.1, -0.05) is 54.6 Å². The monoisotopic (exact) mass is 493 g/mol. The van der Waals surface area contributed by atoms with E-state index in [1.165, 1.54) is 31.3 Å². The summed E-state index contributed by atoms with van der Waals surface area (Å²) in [5, 5.41) is 13.2. The van der Waals surface area contributed by atoms with E-state index < -0.39 is 23.7 Å². The van der Waals surface area contributed by atoms with Crippen molar-refractivity contribution in [2.45, 2.75) is 6.04 Å². The Hall–Kier alpha value is -4.91. The standard InChI is InChI=1S/C30H23NO6/c1-36-22-10-5-9-20(17-22)26-25(27(32)24-12-6-8-18-7-3-4-11-23(18)24)28(33)29(34)31(26)21-15-13-19(14-16-21)30(35)37-2/h3-17,26,32H,1-2H3/b27-25-. The SMILES string of the molecule is COC(=O)c1ccc(N2C(=O)C(=O)/C(=C(\O)c3cccc4ccccc34)C2c2cccc(OC)c2)cc1. The minimum atomic E-state index is -0.932. The molecule has 1 N–H and O–H groups in total. The molecule has 0 spiro atoms. The molecule has 1 heterocycles. The Morgan fingerprint density at radius 3 is 2.30 bits per heavy atom. The first-order chi connectivity index (χ1) is 17.9. The molecule has 37 heavy (non-hydrogen) atoms. The lowest BCUT2D eigenvalue weighted by Gasteiger charge is -2.26. The Morgan fingerprint density at radius 2 is 1.57 bits per heavy atom. The molecule has 7 heteroatoms. The first-order valence-electron chi connectivity index (χ1n) is 11.6. The van der Waals surface area contributed by atoms with Gasteiger partial charge in [0.25, 0.3) is 11.7 Å². The second kappa shape index (κ2) is 9.62. The topological polar surface area (TPSA) is 93.1 Å². The van der Waals surface area contributed by atoms with Gasteiger partial charge in [-0.25, -0.2) is 4.79 Å². The number of methoxy groups -OCH3 is 2. The lowest BCUT2D eigenvalue weighted by molar-refractivity contribution is -0.132. The summed E-state index contributed by atoms with van der Waals surface area (Å²) in [7, 11) is 2.81. The van der Waals surface area contributed by atoms with Crippen LogP contribution in [0.1, 0.15) is 27.5 Å². The maximum atomic E-state index is 13.5. The van der Waals surface area contributed by atoms with Crippen LogP contribution in [0.25, 0.3) is 16.5 Å². The summed E-state index contributed by atoms with van der Waals surface area (Å²) in [5.74, 6) is -1.85. The van der Waals surface area contributed by atoms with Crippen LogP contribution in [0.3, 0.4) is 0 Å². The van der Waals surface area contributed by atoms with Crippen LogP contribution in [-0.4, -0.2) is 37.0 Å². The van der Waals surface area contributed by atoms with Crippen molar-refractivity contribution >= 4 is 39.9 Å². The first kappa shape index (κ1) is 23.8. The summed E-state index contributed by atoms with van der Waals surface area (Å²) in [5.41, 5.74) is 1.69. The Morgan fingerprint density at radius 1 is 0.865 bits per heavy atom. The van der Waals surface area contributed by atoms with Gasteiger partial charge in [0, 0.05) is 11.3 Å². The molecule has 4 aromatic rings. The molecule has 0 aliphatic carbocycles. The van der Waals surface area contributed by atoms with Crippen molar-refractivity contribution in [2.75, 3.05) is 19.1 Å². The number of aliphatic hydroxyl groups excluding tert-OH is 1. The average molecular weight is 494 g/mol. The van der Waals surface area contributed by atoms with Crippen molar-refractivity contribution in [3.63, 3.8) is 0 Å². The molecule has 5 rings (SSSR count). The fourth-order valence-corrected chi connectivity index (χ4v) is 4.68. The number of aliphatic hydroxyl groups is 1. The van der Waals surface area contributed by atoms with Gasteiger partial charge in [-0.15, -0.1) is 0 Å². The van der Waals surface area contributed by atoms with Gasteiger partial charge >= 0.3 is 5.97 Å². The number of carbonyl (C=O) groups is 3. The van der Waals surface area contributed by atoms with Crippen LogP contribution in [-0.2, 0) is 14.3 Å². The molecular weight excluding hydrogens is 470 g/mol. The van der Waals surface area contributed by atoms with E-state index in [9.17, 15) is 19.5 Å². The highest BCUT2D eigenvalue weighted by atomic mass is 16.5. The molecular formula is C30H23NO6. The zero-order valence-corrected chi connectivity index (χ0v) is 20.2. The maximum Gasteiger partial charge on any atom is 0.337 e. The third-order valence-electron chi connectivity index (χ3n) is 6.47. The van der Waals surface area contributed by atoms with Crippen LogP contribution in [0.4, 0.5) is 5.69 Å². The summed E-state index contributed by atoms with van der Waals surface area (Å²) in [6.45, 7) is 0. The van der Waals surface area contributed by atoms with Crippen LogP contribution in [0, 0.1) is 0 Å². The molecule has 4 aromatic carbocycles. The number of hydrogen-bond acceptors (Lipinski definition) is 6. The number of rotatable bonds is 5. The number of anilines is 1. The number of Topliss-reactive ketones (excluding diaryl/α,β-unsaturated/α-hetero) is 1. The third kappa shape index (κ3) is 4.10. The predicted octanol–water partition coefficient (Wildman–Crippen LogP) is 5.26. The van der Waals surface area contributed by atoms with Crippen LogP contribution in [0.5, 0.6) is 5.75 Å². The van der Waals surface area contributed by atoms with Crippen molar-refractivity contribution in [1.82, 2.24) is 0 Å². The van der Waals surface area contributed by atoms with Gasteiger partial charge in [0.1, 0.15) is 11.5 Å². The molecule has 1 fully saturated rings. The number of ketones is 1. The Balaban J connectivity index is 1.73. The van der Waals surface area contributed by atoms with Crippen molar-refractivity contribution < 1.29 is 29.0 Å². The Labute approximate surface area is 213 Å². The number of carbonyl (C=O) groups excluding carboxylic acids is 3. The van der Waals surface area contributed by atoms with E-state index in [0.717, 1.165) is 10.8 Å². The smallest absolute Gasteiger partial charge is 0.337 e. The first-order valence-corrected chi connectivity index (χ1v) is 11.6. The highest BCUT2D eigenvalue weighted by molar-refractivity contribution is 6.51. The molecule has 0 aromatic heterocycles. The fourth-order valence-electron chi connectivity index (χ4n) is 4.68. The fraction of sp³-hybridized carbons (Fsp3) is 0.100. The van der Waals surface area contributed by atoms with Crippen molar-refractivity contribution in [3.8, 4) is 5.75 Å². The molecule has 1 aliphatic heterocycles. The van der Waals surface area contributed by atoms with Crippen LogP contribution >= 0.6 is 0 Å². The number of esters is 1. The van der Waals surface area contributed by atoms with E-state index in [1.807, 2.05) is 30.3 Å². The second-order valence-corrected chi connectivity index (χ2v) is 8.51. The number of nitrogens with zero attached hydrogens (tertiary/aromatic N) is 1. The number of hydrogen-bond donors (Lipinski definition) is 1. The largest absolute Gasteiger partial charge is 0.507 e. The molecule has 184 valence electrons. The summed E-state index contributed by atoms with van der Waals surface area (Å²) < 4.78 is 10.1. The number of ether oxygens (including phenoxy) is 2. The van der Waals surface area contributed by atoms with Crippen LogP contribution < -0.4 is 9.64 Å². The van der Waals surface area contributed by atoms with E-state index in [2.05, 4.69) is 0 Å². The maximum absolute atomic E-state index is 13.5. The van der Waals surface area contributed by atoms with E-state index in [4.69, 9.17) is 9.47 Å². The summed E-state index contributed by atoms with van der Waals surface area (Å²) in [6.07, 6.45) is 0. The molecule has 1 unspecified atom stereocenters. The number of benzene rings is 4. The lowest BCUT2D eigenvalue weighted by Crippen LogP contribution is -2.29. The highest BCUT2D eigenvalue weighted by Crippen LogP contribution is 2.43. The summed E-state index contributed by atoms with van der Waals surface area (Å²) in [6, 6.07) is 25.2. The van der Waals surface area contributed by atoms with E-state index in [-0.39, 0.29) is 11.3 Å². The summed E-state index contributed by atoms with van der Waals surface area (Å²) >= 11 is 0. The van der Waals surface area contributed by atoms with Gasteiger partial charge < -0.3 is 14.6 Å². The van der Waals surface area contributed by atoms with Gasteiger partial charge in [-0.2, -0.15) is 0 Å². The number of fused-ring (bicyclic) bond motifs is 1. The molecule has 1 saturated heterocycles. The van der Waals surface area contributed by atoms with Gasteiger partial charge in [-0.05, 0) is 52.7 Å². The zero-order chi connectivity index (χ0) is 26.1. The van der Waals surface area contributed by atoms with E-state index in [0.29, 0.717) is 28.1 Å². The normalized spacial score (nSPS) is 16.7. The van der Waals surface area contributed by atoms with E-state index >= 15 is 0 Å². The van der Waals surface area contributed by atoms with Crippen molar-refractivity contribution in [1.29, 1.82) is 0 Å². The molecule has 1 aliphatic rings. The number of amides is 1. The Bertz CT molecular complexity index is 1570. The second-order valence-electron chi connectivity index (χ2n) is 8.51. The van der Waals surface area contributed by atoms with Gasteiger partial charge in [-0.3, -0.25) is 14.5 Å². The quantitative estimate of drug-likeness (QED) is 0.176. The molecule has 0 radical (unpaired) electrons. The minimum Gasteiger partial charge on any atom is -0.507 e. The zero-order valence-electron chi connectivity index (χ0n) is 20.2. The van der Waals surface area contributed by atoms with Crippen molar-refractivity contribution in [2.24, 2.45) is 0 Å². The highest BCUT2D eigenvalue weighted by Gasteiger charge is 2.47. The van der Waals surface area contributed by atoms with E-state index in [1.54, 1.807) is 48.5 Å². The van der Waals surface area contributed by atoms with Crippen LogP contribution in [0.15, 0.2) is 96.6 Å². The predicted molar refractivity (Wildman–Crippen MR) is 140 cm³/mol. The third-order valence-corrected chi connectivity index (χ3v) is 6.47. The van der Waals surface area contributed by atoms with Gasteiger partial charge in [0.05, 0.1) is 31.4 Å². The molecule has 1 amide bonds. The molecule has 7 nitrogen and oxygen atoms in total. The summed E-state index contributed by atoms with van der Waals surface area (Å²) in [4.78, 5) is 40.2. The molecule has 0 saturated carbocycles. The molecule has 1 atom stereocenters. The average Bonchev–Trinajstić information content (AvgIpc) is 3.22. The lowest BCUT2D eigenvalue weighted by atomic mass is 9.93. The molecule has 0 bridgehead atoms. The van der Waals surface area contributed by atoms with Crippen LogP contribution in [0.2, 0.25) is 0 Å². The van der Waals surface area contributed by atoms with Gasteiger partial charge in [0.2, 0.25) is 0 Å². The minimum absolute atomic E-state index is 0.0355.